The molecule has 0 heterocycles. The van der Waals surface area contributed by atoms with Crippen LogP contribution in [0.3, 0.4) is 0 Å². The minimum atomic E-state index is -3.22. The Hall–Kier alpha value is -2.34. The van der Waals surface area contributed by atoms with E-state index in [4.69, 9.17) is 4.74 Å². The first-order valence-electron chi connectivity index (χ1n) is 8.55. The van der Waals surface area contributed by atoms with Gasteiger partial charge < -0.3 is 10.1 Å². The molecule has 5 nitrogen and oxygen atoms in total. The lowest BCUT2D eigenvalue weighted by Crippen LogP contribution is -2.28. The molecule has 0 saturated carbocycles. The number of aryl methyl sites for hydroxylation is 1. The van der Waals surface area contributed by atoms with Crippen LogP contribution in [0.15, 0.2) is 53.4 Å². The quantitative estimate of drug-likeness (QED) is 0.768. The van der Waals surface area contributed by atoms with Gasteiger partial charge in [-0.2, -0.15) is 0 Å². The molecule has 1 atom stereocenters. The minimum absolute atomic E-state index is 0.0279. The highest BCUT2D eigenvalue weighted by molar-refractivity contribution is 7.90. The van der Waals surface area contributed by atoms with Gasteiger partial charge in [0.1, 0.15) is 5.75 Å². The van der Waals surface area contributed by atoms with Crippen molar-refractivity contribution < 1.29 is 17.9 Å². The first-order valence-corrected chi connectivity index (χ1v) is 10.4. The smallest absolute Gasteiger partial charge is 0.220 e. The van der Waals surface area contributed by atoms with E-state index in [9.17, 15) is 13.2 Å². The van der Waals surface area contributed by atoms with E-state index in [1.807, 2.05) is 31.2 Å². The topological polar surface area (TPSA) is 72.5 Å². The van der Waals surface area contributed by atoms with E-state index < -0.39 is 9.84 Å². The van der Waals surface area contributed by atoms with Gasteiger partial charge in [-0.15, -0.1) is 0 Å². The van der Waals surface area contributed by atoms with Crippen molar-refractivity contribution in [3.63, 3.8) is 0 Å². The van der Waals surface area contributed by atoms with Gasteiger partial charge in [0.15, 0.2) is 9.84 Å². The minimum Gasteiger partial charge on any atom is -0.497 e. The predicted molar refractivity (Wildman–Crippen MR) is 102 cm³/mol. The maximum absolute atomic E-state index is 12.3. The third kappa shape index (κ3) is 5.59. The second-order valence-corrected chi connectivity index (χ2v) is 8.23. The molecule has 1 N–H and O–H groups in total. The third-order valence-electron chi connectivity index (χ3n) is 4.25. The molecule has 26 heavy (non-hydrogen) atoms. The SMILES string of the molecule is CC[C@H](NC(=O)CCc1ccc(OC)cc1)c1ccc(S(C)(=O)=O)cc1. The predicted octanol–water partition coefficient (Wildman–Crippen LogP) is 3.30. The molecule has 0 unspecified atom stereocenters. The van der Waals surface area contributed by atoms with E-state index >= 15 is 0 Å². The van der Waals surface area contributed by atoms with Crippen molar-refractivity contribution in [1.82, 2.24) is 5.32 Å². The molecule has 2 aromatic rings. The summed E-state index contributed by atoms with van der Waals surface area (Å²) in [7, 11) is -1.59. The normalized spacial score (nSPS) is 12.4. The van der Waals surface area contributed by atoms with Gasteiger partial charge in [0, 0.05) is 12.7 Å². The van der Waals surface area contributed by atoms with Gasteiger partial charge in [-0.3, -0.25) is 4.79 Å². The molecular formula is C20H25NO4S. The van der Waals surface area contributed by atoms with Crippen LogP contribution in [0.25, 0.3) is 0 Å². The molecule has 0 spiro atoms. The molecule has 1 amide bonds. The Morgan fingerprint density at radius 3 is 2.19 bits per heavy atom. The number of sulfone groups is 1. The largest absolute Gasteiger partial charge is 0.497 e. The number of amides is 1. The fourth-order valence-corrected chi connectivity index (χ4v) is 3.32. The number of benzene rings is 2. The Bertz CT molecular complexity index is 827. The molecule has 0 aliphatic carbocycles. The lowest BCUT2D eigenvalue weighted by Gasteiger charge is -2.18. The molecule has 6 heteroatoms. The fraction of sp³-hybridized carbons (Fsp3) is 0.350. The Kier molecular flexibility index (Phi) is 6.80. The molecule has 0 fully saturated rings. The summed E-state index contributed by atoms with van der Waals surface area (Å²) in [4.78, 5) is 12.6. The van der Waals surface area contributed by atoms with E-state index in [0.29, 0.717) is 12.8 Å². The van der Waals surface area contributed by atoms with Crippen molar-refractivity contribution in [3.8, 4) is 5.75 Å². The van der Waals surface area contributed by atoms with Crippen LogP contribution in [0.1, 0.15) is 36.9 Å². The number of nitrogens with one attached hydrogen (secondary N) is 1. The van der Waals surface area contributed by atoms with Gasteiger partial charge in [0.25, 0.3) is 0 Å². The molecule has 0 aliphatic heterocycles. The second kappa shape index (κ2) is 8.85. The zero-order valence-corrected chi connectivity index (χ0v) is 16.2. The summed E-state index contributed by atoms with van der Waals surface area (Å²) in [5.41, 5.74) is 1.98. The lowest BCUT2D eigenvalue weighted by molar-refractivity contribution is -0.121. The van der Waals surface area contributed by atoms with Gasteiger partial charge in [-0.05, 0) is 48.2 Å². The van der Waals surface area contributed by atoms with Crippen LogP contribution in [0, 0.1) is 0 Å². The number of carbonyl (C=O) groups is 1. The Morgan fingerprint density at radius 2 is 1.69 bits per heavy atom. The fourth-order valence-electron chi connectivity index (χ4n) is 2.68. The monoisotopic (exact) mass is 375 g/mol. The second-order valence-electron chi connectivity index (χ2n) is 6.22. The molecule has 0 aliphatic rings. The first kappa shape index (κ1) is 20.0. The van der Waals surface area contributed by atoms with Crippen molar-refractivity contribution in [2.24, 2.45) is 0 Å². The number of hydrogen-bond acceptors (Lipinski definition) is 4. The summed E-state index contributed by atoms with van der Waals surface area (Å²) in [6.07, 6.45) is 2.95. The number of methoxy groups -OCH3 is 1. The summed E-state index contributed by atoms with van der Waals surface area (Å²) in [5, 5.41) is 3.02. The highest BCUT2D eigenvalue weighted by Crippen LogP contribution is 2.20. The molecule has 2 aromatic carbocycles. The van der Waals surface area contributed by atoms with Crippen molar-refractivity contribution in [2.45, 2.75) is 37.1 Å². The lowest BCUT2D eigenvalue weighted by atomic mass is 10.0. The molecule has 140 valence electrons. The molecule has 2 rings (SSSR count). The van der Waals surface area contributed by atoms with Crippen LogP contribution >= 0.6 is 0 Å². The maximum atomic E-state index is 12.3. The van der Waals surface area contributed by atoms with E-state index in [1.165, 1.54) is 6.26 Å². The number of ether oxygens (including phenoxy) is 1. The molecule has 0 radical (unpaired) electrons. The summed E-state index contributed by atoms with van der Waals surface area (Å²) in [5.74, 6) is 0.765. The van der Waals surface area contributed by atoms with Crippen LogP contribution < -0.4 is 10.1 Å². The summed E-state index contributed by atoms with van der Waals surface area (Å²) < 4.78 is 28.2. The Morgan fingerprint density at radius 1 is 1.08 bits per heavy atom. The Labute approximate surface area is 155 Å². The summed E-state index contributed by atoms with van der Waals surface area (Å²) in [6, 6.07) is 14.2. The summed E-state index contributed by atoms with van der Waals surface area (Å²) >= 11 is 0. The van der Waals surface area contributed by atoms with Crippen LogP contribution in [0.2, 0.25) is 0 Å². The van der Waals surface area contributed by atoms with Gasteiger partial charge in [0.05, 0.1) is 18.0 Å². The van der Waals surface area contributed by atoms with Crippen LogP contribution in [-0.4, -0.2) is 27.7 Å². The zero-order valence-electron chi connectivity index (χ0n) is 15.4. The van der Waals surface area contributed by atoms with Crippen LogP contribution in [0.4, 0.5) is 0 Å². The maximum Gasteiger partial charge on any atom is 0.220 e. The number of rotatable bonds is 8. The average Bonchev–Trinajstić information content (AvgIpc) is 2.64. The number of carbonyl (C=O) groups excluding carboxylic acids is 1. The van der Waals surface area contributed by atoms with Crippen molar-refractivity contribution in [3.05, 3.63) is 59.7 Å². The molecule has 0 bridgehead atoms. The molecular weight excluding hydrogens is 350 g/mol. The van der Waals surface area contributed by atoms with Gasteiger partial charge in [-0.25, -0.2) is 8.42 Å². The first-order chi connectivity index (χ1) is 12.3. The van der Waals surface area contributed by atoms with Gasteiger partial charge in [0.2, 0.25) is 5.91 Å². The standard InChI is InChI=1S/C20H25NO4S/c1-4-19(16-8-12-18(13-9-16)26(3,23)24)21-20(22)14-7-15-5-10-17(25-2)11-6-15/h5-6,8-13,19H,4,7,14H2,1-3H3,(H,21,22)/t19-/m0/s1. The zero-order chi connectivity index (χ0) is 19.2. The molecule has 0 aromatic heterocycles. The molecule has 0 saturated heterocycles. The van der Waals surface area contributed by atoms with Crippen molar-refractivity contribution in [2.75, 3.05) is 13.4 Å². The Balaban J connectivity index is 1.94. The van der Waals surface area contributed by atoms with Crippen molar-refractivity contribution in [1.29, 1.82) is 0 Å². The van der Waals surface area contributed by atoms with E-state index in [0.717, 1.165) is 23.3 Å². The average molecular weight is 375 g/mol. The van der Waals surface area contributed by atoms with E-state index in [-0.39, 0.29) is 16.8 Å². The van der Waals surface area contributed by atoms with E-state index in [2.05, 4.69) is 5.32 Å². The summed E-state index contributed by atoms with van der Waals surface area (Å²) in [6.45, 7) is 1.99. The van der Waals surface area contributed by atoms with Crippen LogP contribution in [-0.2, 0) is 21.1 Å². The highest BCUT2D eigenvalue weighted by Gasteiger charge is 2.14. The highest BCUT2D eigenvalue weighted by atomic mass is 32.2. The van der Waals surface area contributed by atoms with E-state index in [1.54, 1.807) is 31.4 Å². The van der Waals surface area contributed by atoms with Crippen LogP contribution in [0.5, 0.6) is 5.75 Å². The number of hydrogen-bond donors (Lipinski definition) is 1. The van der Waals surface area contributed by atoms with Gasteiger partial charge in [-0.1, -0.05) is 31.2 Å². The third-order valence-corrected chi connectivity index (χ3v) is 5.38. The van der Waals surface area contributed by atoms with Crippen molar-refractivity contribution >= 4 is 15.7 Å². The van der Waals surface area contributed by atoms with Gasteiger partial charge >= 0.3 is 0 Å².